The first-order chi connectivity index (χ1) is 14.5. The summed E-state index contributed by atoms with van der Waals surface area (Å²) in [6.45, 7) is 8.66. The largest absolute Gasteiger partial charge is 0.492 e. The Kier molecular flexibility index (Phi) is 4.95. The molecular weight excluding hydrogens is 372 g/mol. The third-order valence-corrected chi connectivity index (χ3v) is 9.40. The third-order valence-electron chi connectivity index (χ3n) is 9.40. The number of allylic oxidation sites excluding steroid dienone is 2. The van der Waals surface area contributed by atoms with Crippen LogP contribution in [-0.4, -0.2) is 35.5 Å². The van der Waals surface area contributed by atoms with Crippen LogP contribution in [0.1, 0.15) is 71.3 Å². The molecule has 162 valence electrons. The van der Waals surface area contributed by atoms with Crippen LogP contribution in [0.25, 0.3) is 5.57 Å². The van der Waals surface area contributed by atoms with Crippen LogP contribution in [0.3, 0.4) is 0 Å². The fourth-order valence-corrected chi connectivity index (χ4v) is 8.08. The zero-order valence-corrected chi connectivity index (χ0v) is 18.8. The quantitative estimate of drug-likeness (QED) is 0.632. The molecule has 5 rings (SSSR count). The van der Waals surface area contributed by atoms with Crippen LogP contribution in [0.4, 0.5) is 0 Å². The first-order valence-electron chi connectivity index (χ1n) is 12.0. The maximum absolute atomic E-state index is 11.7. The summed E-state index contributed by atoms with van der Waals surface area (Å²) in [7, 11) is 0. The monoisotopic (exact) mass is 408 g/mol. The number of rotatable bonds is 4. The van der Waals surface area contributed by atoms with Crippen LogP contribution in [0, 0.1) is 28.6 Å². The summed E-state index contributed by atoms with van der Waals surface area (Å²) in [5.41, 5.74) is 3.26. The van der Waals surface area contributed by atoms with Crippen molar-refractivity contribution < 1.29 is 9.53 Å². The molecule has 6 atom stereocenters. The highest BCUT2D eigenvalue weighted by molar-refractivity contribution is 5.73. The summed E-state index contributed by atoms with van der Waals surface area (Å²) in [6.07, 6.45) is 16.1. The fourth-order valence-electron chi connectivity index (χ4n) is 8.08. The van der Waals surface area contributed by atoms with Gasteiger partial charge < -0.3 is 9.64 Å². The molecule has 1 unspecified atom stereocenters. The summed E-state index contributed by atoms with van der Waals surface area (Å²) in [6, 6.07) is 2.64. The Balaban J connectivity index is 1.42. The van der Waals surface area contributed by atoms with Crippen LogP contribution < -0.4 is 4.74 Å². The molecule has 1 saturated heterocycles. The summed E-state index contributed by atoms with van der Waals surface area (Å²) in [5, 5.41) is 0. The number of carbonyl (C=O) groups excluding carboxylic acids is 1. The average Bonchev–Trinajstić information content (AvgIpc) is 3.10. The fraction of sp³-hybridized carbons (Fsp3) is 0.692. The maximum Gasteiger partial charge on any atom is 0.209 e. The molecule has 3 fully saturated rings. The van der Waals surface area contributed by atoms with Crippen LogP contribution in [-0.2, 0) is 4.79 Å². The minimum Gasteiger partial charge on any atom is -0.492 e. The molecular formula is C26H36N2O2. The number of ether oxygens (including phenoxy) is 1. The van der Waals surface area contributed by atoms with E-state index < -0.39 is 0 Å². The van der Waals surface area contributed by atoms with E-state index in [2.05, 4.69) is 35.9 Å². The van der Waals surface area contributed by atoms with E-state index in [1.807, 2.05) is 19.3 Å². The van der Waals surface area contributed by atoms with Crippen molar-refractivity contribution in [1.29, 1.82) is 0 Å². The van der Waals surface area contributed by atoms with Gasteiger partial charge in [-0.25, -0.2) is 0 Å². The second kappa shape index (κ2) is 7.39. The number of piperidine rings is 1. The molecule has 1 aromatic heterocycles. The number of nitrogens with zero attached hydrogens (tertiary/aromatic N) is 2. The molecule has 0 aromatic carbocycles. The number of fused-ring (bicyclic) bond motifs is 5. The van der Waals surface area contributed by atoms with Gasteiger partial charge in [-0.05, 0) is 97.7 Å². The predicted octanol–water partition coefficient (Wildman–Crippen LogP) is 5.34. The van der Waals surface area contributed by atoms with E-state index >= 15 is 0 Å². The number of aromatic nitrogens is 1. The van der Waals surface area contributed by atoms with Gasteiger partial charge in [0.1, 0.15) is 5.75 Å². The highest BCUT2D eigenvalue weighted by Gasteiger charge is 2.59. The Bertz CT molecular complexity index is 851. The van der Waals surface area contributed by atoms with Crippen molar-refractivity contribution in [3.63, 3.8) is 0 Å². The van der Waals surface area contributed by atoms with Gasteiger partial charge in [0.15, 0.2) is 0 Å². The highest BCUT2D eigenvalue weighted by atomic mass is 16.5. The van der Waals surface area contributed by atoms with Crippen LogP contribution in [0.2, 0.25) is 0 Å². The SMILES string of the molecule is CCOc1cncc(C2=CC[C@H]3[C@@H]4CCC5N(C=O)CCC[C@]5(C)[C@H]4CC[C@]23C)c1. The minimum absolute atomic E-state index is 0.232. The van der Waals surface area contributed by atoms with Gasteiger partial charge in [0.2, 0.25) is 6.41 Å². The molecule has 2 saturated carbocycles. The van der Waals surface area contributed by atoms with Gasteiger partial charge in [-0.15, -0.1) is 0 Å². The van der Waals surface area contributed by atoms with Gasteiger partial charge in [0.05, 0.1) is 12.8 Å². The van der Waals surface area contributed by atoms with E-state index in [9.17, 15) is 4.79 Å². The lowest BCUT2D eigenvalue weighted by Gasteiger charge is -2.61. The zero-order valence-electron chi connectivity index (χ0n) is 18.8. The van der Waals surface area contributed by atoms with Crippen LogP contribution >= 0.6 is 0 Å². The van der Waals surface area contributed by atoms with Gasteiger partial charge >= 0.3 is 0 Å². The standard InChI is InChI=1S/C26H36N2O2/c1-4-30-19-14-18(15-27-16-19)21-7-8-22-20-6-9-24-26(3,11-5-13-28(24)17-29)23(20)10-12-25(21,22)2/h7,14-17,20,22-24H,4-6,8-13H2,1-3H3/t20-,22-,23-,24?,25+,26+/m0/s1. The Labute approximate surface area is 181 Å². The molecule has 0 N–H and O–H groups in total. The smallest absolute Gasteiger partial charge is 0.209 e. The van der Waals surface area contributed by atoms with E-state index in [1.165, 1.54) is 49.7 Å². The number of likely N-dealkylation sites (tertiary alicyclic amines) is 1. The first kappa shape index (κ1) is 20.1. The van der Waals surface area contributed by atoms with Crippen molar-refractivity contribution in [2.45, 2.75) is 71.8 Å². The lowest BCUT2D eigenvalue weighted by atomic mass is 9.46. The summed E-state index contributed by atoms with van der Waals surface area (Å²) < 4.78 is 5.73. The van der Waals surface area contributed by atoms with E-state index in [4.69, 9.17) is 4.74 Å². The zero-order chi connectivity index (χ0) is 20.9. The Hall–Kier alpha value is -1.84. The minimum atomic E-state index is 0.232. The molecule has 0 spiro atoms. The third kappa shape index (κ3) is 2.85. The van der Waals surface area contributed by atoms with Crippen molar-refractivity contribution >= 4 is 12.0 Å². The topological polar surface area (TPSA) is 42.4 Å². The maximum atomic E-state index is 11.7. The molecule has 0 bridgehead atoms. The van der Waals surface area contributed by atoms with Crippen molar-refractivity contribution in [3.05, 3.63) is 30.1 Å². The van der Waals surface area contributed by atoms with Gasteiger partial charge in [0, 0.05) is 18.8 Å². The molecule has 3 aliphatic carbocycles. The molecule has 1 aliphatic heterocycles. The summed E-state index contributed by atoms with van der Waals surface area (Å²) in [5.74, 6) is 3.11. The molecule has 0 radical (unpaired) electrons. The van der Waals surface area contributed by atoms with Crippen molar-refractivity contribution in [2.24, 2.45) is 28.6 Å². The Morgan fingerprint density at radius 1 is 1.20 bits per heavy atom. The second-order valence-corrected chi connectivity index (χ2v) is 10.6. The number of carbonyl (C=O) groups is 1. The normalized spacial score (nSPS) is 40.1. The highest BCUT2D eigenvalue weighted by Crippen LogP contribution is 2.66. The molecule has 2 heterocycles. The van der Waals surface area contributed by atoms with Crippen molar-refractivity contribution in [2.75, 3.05) is 13.2 Å². The van der Waals surface area contributed by atoms with E-state index in [0.29, 0.717) is 24.0 Å². The van der Waals surface area contributed by atoms with Gasteiger partial charge in [-0.2, -0.15) is 0 Å². The number of amides is 1. The van der Waals surface area contributed by atoms with Crippen LogP contribution in [0.15, 0.2) is 24.5 Å². The molecule has 30 heavy (non-hydrogen) atoms. The Morgan fingerprint density at radius 2 is 2.07 bits per heavy atom. The summed E-state index contributed by atoms with van der Waals surface area (Å²) in [4.78, 5) is 18.3. The summed E-state index contributed by atoms with van der Waals surface area (Å²) >= 11 is 0. The van der Waals surface area contributed by atoms with Crippen molar-refractivity contribution in [1.82, 2.24) is 9.88 Å². The number of pyridine rings is 1. The van der Waals surface area contributed by atoms with Crippen LogP contribution in [0.5, 0.6) is 5.75 Å². The molecule has 4 nitrogen and oxygen atoms in total. The lowest BCUT2D eigenvalue weighted by molar-refractivity contribution is -0.142. The van der Waals surface area contributed by atoms with Gasteiger partial charge in [-0.1, -0.05) is 19.9 Å². The van der Waals surface area contributed by atoms with Gasteiger partial charge in [0.25, 0.3) is 0 Å². The first-order valence-corrected chi connectivity index (χ1v) is 12.0. The van der Waals surface area contributed by atoms with Crippen molar-refractivity contribution in [3.8, 4) is 5.75 Å². The Morgan fingerprint density at radius 3 is 2.87 bits per heavy atom. The lowest BCUT2D eigenvalue weighted by Crippen LogP contribution is -2.60. The van der Waals surface area contributed by atoms with E-state index in [1.54, 1.807) is 0 Å². The number of hydrogen-bond acceptors (Lipinski definition) is 3. The molecule has 1 amide bonds. The predicted molar refractivity (Wildman–Crippen MR) is 119 cm³/mol. The van der Waals surface area contributed by atoms with E-state index in [-0.39, 0.29) is 5.41 Å². The average molecular weight is 409 g/mol. The van der Waals surface area contributed by atoms with Gasteiger partial charge in [-0.3, -0.25) is 9.78 Å². The molecule has 4 aliphatic rings. The molecule has 4 heteroatoms. The second-order valence-electron chi connectivity index (χ2n) is 10.6. The van der Waals surface area contributed by atoms with E-state index in [0.717, 1.165) is 37.0 Å². The molecule has 1 aromatic rings. The number of hydrogen-bond donors (Lipinski definition) is 0.